The van der Waals surface area contributed by atoms with E-state index in [9.17, 15) is 4.79 Å². The number of hydrogen-bond donors (Lipinski definition) is 0. The monoisotopic (exact) mass is 226 g/mol. The highest BCUT2D eigenvalue weighted by Gasteiger charge is 2.45. The van der Waals surface area contributed by atoms with E-state index in [0.29, 0.717) is 12.1 Å². The Morgan fingerprint density at radius 2 is 2.00 bits per heavy atom. The predicted octanol–water partition coefficient (Wildman–Crippen LogP) is 1.70. The van der Waals surface area contributed by atoms with Crippen LogP contribution in [-0.4, -0.2) is 53.2 Å². The van der Waals surface area contributed by atoms with Gasteiger partial charge >= 0.3 is 6.09 Å². The van der Waals surface area contributed by atoms with Gasteiger partial charge in [-0.05, 0) is 33.7 Å². The summed E-state index contributed by atoms with van der Waals surface area (Å²) >= 11 is 0. The molecular weight excluding hydrogens is 204 g/mol. The normalized spacial score (nSPS) is 29.9. The van der Waals surface area contributed by atoms with Gasteiger partial charge in [0.25, 0.3) is 0 Å². The number of ether oxygens (including phenoxy) is 1. The molecule has 0 spiro atoms. The van der Waals surface area contributed by atoms with Crippen LogP contribution in [0.3, 0.4) is 0 Å². The van der Waals surface area contributed by atoms with Gasteiger partial charge in [0.1, 0.15) is 5.60 Å². The van der Waals surface area contributed by atoms with Crippen molar-refractivity contribution in [2.45, 2.75) is 51.8 Å². The third-order valence-electron chi connectivity index (χ3n) is 3.39. The molecule has 4 nitrogen and oxygen atoms in total. The summed E-state index contributed by atoms with van der Waals surface area (Å²) in [6.07, 6.45) is 0.975. The van der Waals surface area contributed by atoms with Gasteiger partial charge in [0.15, 0.2) is 0 Å². The number of hydrogen-bond acceptors (Lipinski definition) is 3. The summed E-state index contributed by atoms with van der Waals surface area (Å²) in [7, 11) is 0. The maximum Gasteiger partial charge on any atom is 0.410 e. The number of amides is 1. The quantitative estimate of drug-likeness (QED) is 0.682. The van der Waals surface area contributed by atoms with Crippen molar-refractivity contribution in [2.24, 2.45) is 0 Å². The molecule has 2 atom stereocenters. The lowest BCUT2D eigenvalue weighted by atomic mass is 10.2. The summed E-state index contributed by atoms with van der Waals surface area (Å²) < 4.78 is 5.41. The second kappa shape index (κ2) is 3.91. The molecule has 2 rings (SSSR count). The fourth-order valence-corrected chi connectivity index (χ4v) is 2.68. The van der Waals surface area contributed by atoms with Gasteiger partial charge in [0.05, 0.1) is 0 Å². The minimum absolute atomic E-state index is 0.143. The number of carbonyl (C=O) groups excluding carboxylic acids is 1. The Bertz CT molecular complexity index is 285. The van der Waals surface area contributed by atoms with E-state index in [1.165, 1.54) is 0 Å². The Hall–Kier alpha value is -0.770. The molecule has 0 radical (unpaired) electrons. The number of likely N-dealkylation sites (N-methyl/N-ethyl adjacent to an activating group) is 1. The van der Waals surface area contributed by atoms with E-state index >= 15 is 0 Å². The topological polar surface area (TPSA) is 32.8 Å². The number of rotatable bonds is 1. The minimum atomic E-state index is -0.386. The molecular formula is C12H22N2O2. The first-order valence-corrected chi connectivity index (χ1v) is 6.14. The molecule has 2 unspecified atom stereocenters. The van der Waals surface area contributed by atoms with Crippen LogP contribution in [0, 0.1) is 0 Å². The maximum atomic E-state index is 11.9. The van der Waals surface area contributed by atoms with Crippen molar-refractivity contribution < 1.29 is 9.53 Å². The van der Waals surface area contributed by atoms with Crippen LogP contribution in [0.25, 0.3) is 0 Å². The van der Waals surface area contributed by atoms with Crippen LogP contribution in [-0.2, 0) is 4.74 Å². The Morgan fingerprint density at radius 3 is 2.44 bits per heavy atom. The van der Waals surface area contributed by atoms with Gasteiger partial charge in [0.2, 0.25) is 0 Å². The van der Waals surface area contributed by atoms with E-state index in [1.54, 1.807) is 0 Å². The molecule has 0 aliphatic carbocycles. The van der Waals surface area contributed by atoms with Crippen molar-refractivity contribution in [3.05, 3.63) is 0 Å². The lowest BCUT2D eigenvalue weighted by Crippen LogP contribution is -2.49. The molecule has 2 aliphatic rings. The molecule has 2 fully saturated rings. The molecule has 2 aliphatic heterocycles. The molecule has 0 aromatic carbocycles. The summed E-state index contributed by atoms with van der Waals surface area (Å²) in [6, 6.07) is 0.933. The third kappa shape index (κ3) is 2.17. The van der Waals surface area contributed by atoms with E-state index in [-0.39, 0.29) is 11.7 Å². The number of carbonyl (C=O) groups is 1. The number of piperazine rings is 1. The number of fused-ring (bicyclic) bond motifs is 2. The average Bonchev–Trinajstić information content (AvgIpc) is 2.72. The molecule has 1 amide bonds. The maximum absolute atomic E-state index is 11.9. The smallest absolute Gasteiger partial charge is 0.410 e. The van der Waals surface area contributed by atoms with Crippen LogP contribution in [0.5, 0.6) is 0 Å². The van der Waals surface area contributed by atoms with Crippen LogP contribution < -0.4 is 0 Å². The van der Waals surface area contributed by atoms with Crippen LogP contribution in [0.15, 0.2) is 0 Å². The van der Waals surface area contributed by atoms with Crippen LogP contribution in [0.4, 0.5) is 4.79 Å². The molecule has 0 aromatic rings. The second-order valence-electron chi connectivity index (χ2n) is 5.76. The fourth-order valence-electron chi connectivity index (χ4n) is 2.68. The summed E-state index contributed by atoms with van der Waals surface area (Å²) in [5.74, 6) is 0. The first-order valence-electron chi connectivity index (χ1n) is 6.14. The largest absolute Gasteiger partial charge is 0.444 e. The highest BCUT2D eigenvalue weighted by Crippen LogP contribution is 2.31. The SMILES string of the molecule is CCN1CC2CC1CN2C(=O)OC(C)(C)C. The van der Waals surface area contributed by atoms with E-state index in [2.05, 4.69) is 11.8 Å². The number of likely N-dealkylation sites (tertiary alicyclic amines) is 2. The van der Waals surface area contributed by atoms with Crippen molar-refractivity contribution in [1.82, 2.24) is 9.80 Å². The van der Waals surface area contributed by atoms with Crippen molar-refractivity contribution in [2.75, 3.05) is 19.6 Å². The molecule has 92 valence electrons. The highest BCUT2D eigenvalue weighted by molar-refractivity contribution is 5.69. The lowest BCUT2D eigenvalue weighted by Gasteiger charge is -2.34. The van der Waals surface area contributed by atoms with Gasteiger partial charge in [-0.25, -0.2) is 4.79 Å². The second-order valence-corrected chi connectivity index (χ2v) is 5.76. The Labute approximate surface area is 97.5 Å². The molecule has 2 saturated heterocycles. The van der Waals surface area contributed by atoms with Crippen molar-refractivity contribution in [3.63, 3.8) is 0 Å². The van der Waals surface area contributed by atoms with Gasteiger partial charge in [-0.1, -0.05) is 6.92 Å². The molecule has 16 heavy (non-hydrogen) atoms. The summed E-state index contributed by atoms with van der Waals surface area (Å²) in [5.41, 5.74) is -0.386. The summed E-state index contributed by atoms with van der Waals surface area (Å²) in [5, 5.41) is 0. The Morgan fingerprint density at radius 1 is 1.31 bits per heavy atom. The van der Waals surface area contributed by atoms with Crippen LogP contribution in [0.1, 0.15) is 34.1 Å². The first-order chi connectivity index (χ1) is 7.40. The van der Waals surface area contributed by atoms with E-state index in [1.807, 2.05) is 25.7 Å². The standard InChI is InChI=1S/C12H22N2O2/c1-5-13-7-10-6-9(13)8-14(10)11(15)16-12(2,3)4/h9-10H,5-8H2,1-4H3. The van der Waals surface area contributed by atoms with Gasteiger partial charge in [-0.15, -0.1) is 0 Å². The highest BCUT2D eigenvalue weighted by atomic mass is 16.6. The summed E-state index contributed by atoms with van der Waals surface area (Å²) in [6.45, 7) is 10.9. The van der Waals surface area contributed by atoms with Gasteiger partial charge in [0, 0.05) is 25.2 Å². The van der Waals surface area contributed by atoms with Crippen molar-refractivity contribution in [1.29, 1.82) is 0 Å². The Kier molecular flexibility index (Phi) is 2.86. The average molecular weight is 226 g/mol. The van der Waals surface area contributed by atoms with Gasteiger partial charge in [-0.3, -0.25) is 4.90 Å². The predicted molar refractivity (Wildman–Crippen MR) is 62.4 cm³/mol. The molecule has 0 aromatic heterocycles. The number of nitrogens with zero attached hydrogens (tertiary/aromatic N) is 2. The van der Waals surface area contributed by atoms with Crippen LogP contribution >= 0.6 is 0 Å². The third-order valence-corrected chi connectivity index (χ3v) is 3.39. The van der Waals surface area contributed by atoms with E-state index in [4.69, 9.17) is 4.74 Å². The first kappa shape index (κ1) is 11.7. The molecule has 0 saturated carbocycles. The molecule has 4 heteroatoms. The van der Waals surface area contributed by atoms with Crippen molar-refractivity contribution >= 4 is 6.09 Å². The zero-order chi connectivity index (χ0) is 11.9. The lowest BCUT2D eigenvalue weighted by molar-refractivity contribution is 0.0133. The van der Waals surface area contributed by atoms with Gasteiger partial charge in [-0.2, -0.15) is 0 Å². The zero-order valence-corrected chi connectivity index (χ0v) is 10.7. The van der Waals surface area contributed by atoms with Crippen molar-refractivity contribution in [3.8, 4) is 0 Å². The minimum Gasteiger partial charge on any atom is -0.444 e. The van der Waals surface area contributed by atoms with Crippen LogP contribution in [0.2, 0.25) is 0 Å². The van der Waals surface area contributed by atoms with E-state index < -0.39 is 0 Å². The van der Waals surface area contributed by atoms with E-state index in [0.717, 1.165) is 26.1 Å². The molecule has 0 N–H and O–H groups in total. The van der Waals surface area contributed by atoms with Gasteiger partial charge < -0.3 is 9.64 Å². The fraction of sp³-hybridized carbons (Fsp3) is 0.917. The zero-order valence-electron chi connectivity index (χ0n) is 10.7. The Balaban J connectivity index is 1.93. The summed E-state index contributed by atoms with van der Waals surface area (Å²) in [4.78, 5) is 16.3. The molecule has 2 heterocycles. The molecule has 2 bridgehead atoms.